The summed E-state index contributed by atoms with van der Waals surface area (Å²) in [4.78, 5) is 52.7. The van der Waals surface area contributed by atoms with Crippen molar-refractivity contribution >= 4 is 34.6 Å². The quantitative estimate of drug-likeness (QED) is 0.171. The van der Waals surface area contributed by atoms with Gasteiger partial charge in [0.05, 0.1) is 12.6 Å². The van der Waals surface area contributed by atoms with Crippen molar-refractivity contribution in [2.24, 2.45) is 17.4 Å². The smallest absolute Gasteiger partial charge is 0.326 e. The van der Waals surface area contributed by atoms with E-state index >= 15 is 0 Å². The molecular formula is C25H38N6O5. The Kier molecular flexibility index (Phi) is 11.4. The molecule has 0 aliphatic rings. The van der Waals surface area contributed by atoms with Gasteiger partial charge >= 0.3 is 5.97 Å². The van der Waals surface area contributed by atoms with Gasteiger partial charge in [-0.05, 0) is 43.4 Å². The van der Waals surface area contributed by atoms with Crippen LogP contribution in [0.5, 0.6) is 0 Å². The second-order valence-electron chi connectivity index (χ2n) is 9.32. The number of aromatic amines is 1. The number of para-hydroxylation sites is 1. The minimum atomic E-state index is -1.15. The maximum atomic E-state index is 13.1. The fourth-order valence-corrected chi connectivity index (χ4v) is 3.88. The standard InChI is InChI=1S/C25H38N6O5/c1-15(2)11-21(25(35)36)31-24(34)20(12-16-13-28-19-9-4-3-7-17(16)19)30-22(32)14-29-23(33)18(27)8-5-6-10-26/h3-4,7,9,13,15,18,20-21,28H,5-6,8,10-12,14,26-27H2,1-2H3,(H,29,33)(H,30,32)(H,31,34)(H,35,36)/t18-,20-,21-/m0/s1. The van der Waals surface area contributed by atoms with E-state index in [0.29, 0.717) is 19.4 Å². The first-order chi connectivity index (χ1) is 17.1. The van der Waals surface area contributed by atoms with E-state index in [2.05, 4.69) is 20.9 Å². The summed E-state index contributed by atoms with van der Waals surface area (Å²) in [6.45, 7) is 3.86. The Bertz CT molecular complexity index is 1040. The number of aromatic nitrogens is 1. The van der Waals surface area contributed by atoms with Crippen LogP contribution in [0, 0.1) is 5.92 Å². The van der Waals surface area contributed by atoms with Crippen molar-refractivity contribution in [2.75, 3.05) is 13.1 Å². The van der Waals surface area contributed by atoms with Crippen LogP contribution in [0.15, 0.2) is 30.5 Å². The van der Waals surface area contributed by atoms with Crippen molar-refractivity contribution in [1.29, 1.82) is 0 Å². The lowest BCUT2D eigenvalue weighted by molar-refractivity contribution is -0.142. The Morgan fingerprint density at radius 2 is 1.75 bits per heavy atom. The molecule has 0 bridgehead atoms. The number of nitrogens with one attached hydrogen (secondary N) is 4. The monoisotopic (exact) mass is 502 g/mol. The van der Waals surface area contributed by atoms with Crippen LogP contribution >= 0.6 is 0 Å². The molecular weight excluding hydrogens is 464 g/mol. The molecule has 0 spiro atoms. The Morgan fingerprint density at radius 3 is 2.42 bits per heavy atom. The summed E-state index contributed by atoms with van der Waals surface area (Å²) in [6, 6.07) is 4.61. The van der Waals surface area contributed by atoms with Crippen molar-refractivity contribution in [2.45, 2.75) is 64.1 Å². The van der Waals surface area contributed by atoms with Crippen molar-refractivity contribution < 1.29 is 24.3 Å². The van der Waals surface area contributed by atoms with E-state index in [1.54, 1.807) is 6.20 Å². The Balaban J connectivity index is 2.10. The van der Waals surface area contributed by atoms with Gasteiger partial charge in [-0.3, -0.25) is 14.4 Å². The van der Waals surface area contributed by atoms with Gasteiger partial charge < -0.3 is 37.5 Å². The number of hydrogen-bond donors (Lipinski definition) is 7. The zero-order valence-corrected chi connectivity index (χ0v) is 20.9. The average molecular weight is 503 g/mol. The minimum absolute atomic E-state index is 0.0392. The number of aliphatic carboxylic acids is 1. The highest BCUT2D eigenvalue weighted by atomic mass is 16.4. The SMILES string of the molecule is CC(C)C[C@H](NC(=O)[C@H](Cc1c[nH]c2ccccc12)NC(=O)CNC(=O)[C@@H](N)CCCCN)C(=O)O. The molecule has 3 atom stereocenters. The van der Waals surface area contributed by atoms with E-state index < -0.39 is 41.8 Å². The molecule has 0 saturated heterocycles. The predicted molar refractivity (Wildman–Crippen MR) is 137 cm³/mol. The van der Waals surface area contributed by atoms with Crippen LogP contribution in [0.2, 0.25) is 0 Å². The summed E-state index contributed by atoms with van der Waals surface area (Å²) in [6.07, 6.45) is 4.02. The molecule has 0 aliphatic carbocycles. The number of benzene rings is 1. The van der Waals surface area contributed by atoms with Crippen molar-refractivity contribution in [3.63, 3.8) is 0 Å². The summed E-state index contributed by atoms with van der Waals surface area (Å²) in [5.41, 5.74) is 13.0. The van der Waals surface area contributed by atoms with Crippen LogP contribution in [-0.2, 0) is 25.6 Å². The van der Waals surface area contributed by atoms with Gasteiger partial charge in [0.2, 0.25) is 17.7 Å². The topological polar surface area (TPSA) is 192 Å². The van der Waals surface area contributed by atoms with E-state index in [9.17, 15) is 24.3 Å². The normalized spacial score (nSPS) is 13.7. The van der Waals surface area contributed by atoms with E-state index in [1.165, 1.54) is 0 Å². The fourth-order valence-electron chi connectivity index (χ4n) is 3.88. The van der Waals surface area contributed by atoms with Crippen LogP contribution in [0.4, 0.5) is 0 Å². The van der Waals surface area contributed by atoms with Crippen LogP contribution in [-0.4, -0.2) is 65.0 Å². The van der Waals surface area contributed by atoms with Crippen molar-refractivity contribution in [3.8, 4) is 0 Å². The van der Waals surface area contributed by atoms with Gasteiger partial charge in [0.1, 0.15) is 12.1 Å². The second-order valence-corrected chi connectivity index (χ2v) is 9.32. The molecule has 0 aliphatic heterocycles. The number of carboxylic acids is 1. The molecule has 2 rings (SSSR count). The van der Waals surface area contributed by atoms with Gasteiger partial charge in [-0.15, -0.1) is 0 Å². The summed E-state index contributed by atoms with van der Waals surface area (Å²) in [7, 11) is 0. The number of nitrogens with two attached hydrogens (primary N) is 2. The van der Waals surface area contributed by atoms with Crippen LogP contribution in [0.25, 0.3) is 10.9 Å². The van der Waals surface area contributed by atoms with Crippen molar-refractivity contribution in [3.05, 3.63) is 36.0 Å². The maximum absolute atomic E-state index is 13.1. The molecule has 0 radical (unpaired) electrons. The molecule has 1 aromatic heterocycles. The number of carbonyl (C=O) groups excluding carboxylic acids is 3. The summed E-state index contributed by atoms with van der Waals surface area (Å²) >= 11 is 0. The number of carbonyl (C=O) groups is 4. The van der Waals surface area contributed by atoms with Gasteiger partial charge in [0.25, 0.3) is 0 Å². The maximum Gasteiger partial charge on any atom is 0.326 e. The molecule has 2 aromatic rings. The third-order valence-electron chi connectivity index (χ3n) is 5.80. The minimum Gasteiger partial charge on any atom is -0.480 e. The third kappa shape index (κ3) is 8.97. The van der Waals surface area contributed by atoms with E-state index in [1.807, 2.05) is 38.1 Å². The molecule has 11 heteroatoms. The molecule has 0 saturated carbocycles. The zero-order chi connectivity index (χ0) is 26.7. The van der Waals surface area contributed by atoms with Gasteiger partial charge in [0, 0.05) is 23.5 Å². The van der Waals surface area contributed by atoms with Gasteiger partial charge in [-0.1, -0.05) is 38.5 Å². The van der Waals surface area contributed by atoms with Gasteiger partial charge in [-0.25, -0.2) is 4.79 Å². The highest BCUT2D eigenvalue weighted by Gasteiger charge is 2.28. The molecule has 0 fully saturated rings. The third-order valence-corrected chi connectivity index (χ3v) is 5.80. The van der Waals surface area contributed by atoms with E-state index in [0.717, 1.165) is 22.9 Å². The number of fused-ring (bicyclic) bond motifs is 1. The molecule has 9 N–H and O–H groups in total. The molecule has 1 aromatic carbocycles. The highest BCUT2D eigenvalue weighted by Crippen LogP contribution is 2.19. The average Bonchev–Trinajstić information content (AvgIpc) is 3.24. The zero-order valence-electron chi connectivity index (χ0n) is 20.9. The number of rotatable bonds is 15. The summed E-state index contributed by atoms with van der Waals surface area (Å²) in [5.74, 6) is -2.79. The molecule has 3 amide bonds. The summed E-state index contributed by atoms with van der Waals surface area (Å²) in [5, 5.41) is 18.1. The number of carboxylic acid groups (broad SMARTS) is 1. The number of amides is 3. The first-order valence-corrected chi connectivity index (χ1v) is 12.2. The predicted octanol–water partition coefficient (Wildman–Crippen LogP) is 0.383. The first kappa shape index (κ1) is 28.8. The number of hydrogen-bond acceptors (Lipinski definition) is 6. The van der Waals surface area contributed by atoms with Crippen molar-refractivity contribution in [1.82, 2.24) is 20.9 Å². The van der Waals surface area contributed by atoms with Crippen LogP contribution in [0.3, 0.4) is 0 Å². The van der Waals surface area contributed by atoms with Gasteiger partial charge in [0.15, 0.2) is 0 Å². The Labute approximate surface area is 210 Å². The second kappa shape index (κ2) is 14.2. The Morgan fingerprint density at radius 1 is 1.03 bits per heavy atom. The largest absolute Gasteiger partial charge is 0.480 e. The highest BCUT2D eigenvalue weighted by molar-refractivity contribution is 5.93. The van der Waals surface area contributed by atoms with E-state index in [4.69, 9.17) is 11.5 Å². The lowest BCUT2D eigenvalue weighted by Gasteiger charge is -2.22. The molecule has 1 heterocycles. The van der Waals surface area contributed by atoms with Crippen LogP contribution in [0.1, 0.15) is 45.1 Å². The first-order valence-electron chi connectivity index (χ1n) is 12.2. The molecule has 198 valence electrons. The fraction of sp³-hybridized carbons (Fsp3) is 0.520. The number of unbranched alkanes of at least 4 members (excludes halogenated alkanes) is 1. The molecule has 36 heavy (non-hydrogen) atoms. The Hall–Kier alpha value is -3.44. The van der Waals surface area contributed by atoms with E-state index in [-0.39, 0.29) is 25.3 Å². The lowest BCUT2D eigenvalue weighted by Crippen LogP contribution is -2.54. The molecule has 11 nitrogen and oxygen atoms in total. The summed E-state index contributed by atoms with van der Waals surface area (Å²) < 4.78 is 0. The molecule has 0 unspecified atom stereocenters. The number of H-pyrrole nitrogens is 1. The lowest BCUT2D eigenvalue weighted by atomic mass is 10.0. The van der Waals surface area contributed by atoms with Crippen LogP contribution < -0.4 is 27.4 Å². The van der Waals surface area contributed by atoms with Gasteiger partial charge in [-0.2, -0.15) is 0 Å².